The molecule has 0 spiro atoms. The Morgan fingerprint density at radius 3 is 2.72 bits per heavy atom. The number of aromatic amines is 1. The van der Waals surface area contributed by atoms with Crippen LogP contribution >= 0.6 is 12.2 Å². The van der Waals surface area contributed by atoms with Crippen LogP contribution in [-0.4, -0.2) is 42.2 Å². The van der Waals surface area contributed by atoms with E-state index in [1.165, 1.54) is 4.57 Å². The number of benzene rings is 2. The third kappa shape index (κ3) is 3.08. The number of likely N-dealkylation sites (N-methyl/N-ethyl adjacent to an activating group) is 1. The third-order valence-electron chi connectivity index (χ3n) is 6.22. The molecule has 0 fully saturated rings. The molecule has 2 atom stereocenters. The summed E-state index contributed by atoms with van der Waals surface area (Å²) in [5.74, 6) is 1.50. The summed E-state index contributed by atoms with van der Waals surface area (Å²) in [7, 11) is 3.57. The summed E-state index contributed by atoms with van der Waals surface area (Å²) in [5.41, 5.74) is 3.37. The van der Waals surface area contributed by atoms with E-state index in [1.807, 2.05) is 44.3 Å². The predicted octanol–water partition coefficient (Wildman–Crippen LogP) is 1.81. The van der Waals surface area contributed by atoms with Gasteiger partial charge in [-0.25, -0.2) is 0 Å². The maximum absolute atomic E-state index is 13.2. The molecule has 5 rings (SSSR count). The van der Waals surface area contributed by atoms with Crippen LogP contribution in [0.3, 0.4) is 0 Å². The molecular weight excluding hydrogens is 430 g/mol. The Bertz CT molecular complexity index is 1330. The van der Waals surface area contributed by atoms with Gasteiger partial charge in [0.2, 0.25) is 18.4 Å². The topological polar surface area (TPSA) is 90.2 Å². The molecule has 0 saturated carbocycles. The Labute approximate surface area is 189 Å². The average Bonchev–Trinajstić information content (AvgIpc) is 3.23. The summed E-state index contributed by atoms with van der Waals surface area (Å²) in [5, 5.41) is 11.4. The first-order valence-electron chi connectivity index (χ1n) is 10.4. The Hall–Kier alpha value is -3.30. The summed E-state index contributed by atoms with van der Waals surface area (Å²) in [6.45, 7) is 2.86. The smallest absolute Gasteiger partial charge is 0.265 e. The van der Waals surface area contributed by atoms with Crippen LogP contribution in [0.2, 0.25) is 0 Å². The number of aryl methyl sites for hydroxylation is 1. The number of methoxy groups -OCH3 is 1. The van der Waals surface area contributed by atoms with Crippen molar-refractivity contribution in [2.75, 3.05) is 27.5 Å². The first-order valence-corrected chi connectivity index (χ1v) is 10.8. The fraction of sp³-hybridized carbons (Fsp3) is 0.304. The van der Waals surface area contributed by atoms with Crippen molar-refractivity contribution in [3.8, 4) is 28.8 Å². The number of aromatic hydroxyl groups is 1. The number of aromatic nitrogens is 2. The molecule has 0 aliphatic carbocycles. The highest BCUT2D eigenvalue weighted by molar-refractivity contribution is 7.71. The van der Waals surface area contributed by atoms with Crippen LogP contribution in [0.5, 0.6) is 23.1 Å². The zero-order valence-corrected chi connectivity index (χ0v) is 18.8. The number of nitrogens with zero attached hydrogens (tertiary/aromatic N) is 1. The van der Waals surface area contributed by atoms with E-state index in [4.69, 9.17) is 26.4 Å². The molecule has 0 saturated heterocycles. The van der Waals surface area contributed by atoms with Gasteiger partial charge in [-0.3, -0.25) is 14.3 Å². The van der Waals surface area contributed by atoms with E-state index in [2.05, 4.69) is 4.98 Å². The van der Waals surface area contributed by atoms with Crippen molar-refractivity contribution in [1.82, 2.24) is 9.55 Å². The number of H-pyrrole nitrogens is 1. The molecule has 9 heteroatoms. The van der Waals surface area contributed by atoms with E-state index >= 15 is 0 Å². The molecule has 8 nitrogen and oxygen atoms in total. The maximum Gasteiger partial charge on any atom is 0.265 e. The van der Waals surface area contributed by atoms with E-state index in [0.29, 0.717) is 22.9 Å². The molecule has 3 aromatic rings. The lowest BCUT2D eigenvalue weighted by Gasteiger charge is -2.33. The molecule has 1 aromatic heterocycles. The van der Waals surface area contributed by atoms with Gasteiger partial charge in [0.15, 0.2) is 22.3 Å². The second kappa shape index (κ2) is 7.68. The Morgan fingerprint density at radius 2 is 2.00 bits per heavy atom. The van der Waals surface area contributed by atoms with Crippen LogP contribution in [0, 0.1) is 11.7 Å². The van der Waals surface area contributed by atoms with Crippen LogP contribution in [0.1, 0.15) is 28.3 Å². The molecule has 0 radical (unpaired) electrons. The number of rotatable bonds is 3. The Balaban J connectivity index is 1.78. The largest absolute Gasteiger partial charge is 0.494 e. The molecule has 3 N–H and O–H groups in total. The first kappa shape index (κ1) is 20.6. The molecule has 3 heterocycles. The van der Waals surface area contributed by atoms with E-state index in [9.17, 15) is 9.90 Å². The minimum absolute atomic E-state index is 0.117. The summed E-state index contributed by atoms with van der Waals surface area (Å²) in [4.78, 5) is 17.0. The molecular formula is C23H24N3O5S+. The molecule has 2 aliphatic heterocycles. The lowest BCUT2D eigenvalue weighted by molar-refractivity contribution is -0.908. The minimum Gasteiger partial charge on any atom is -0.494 e. The summed E-state index contributed by atoms with van der Waals surface area (Å²) >= 11 is 5.40. The van der Waals surface area contributed by atoms with Crippen molar-refractivity contribution in [3.05, 3.63) is 67.7 Å². The zero-order chi connectivity index (χ0) is 22.6. The highest BCUT2D eigenvalue weighted by Gasteiger charge is 2.41. The highest BCUT2D eigenvalue weighted by Crippen LogP contribution is 2.48. The van der Waals surface area contributed by atoms with E-state index < -0.39 is 11.6 Å². The van der Waals surface area contributed by atoms with Gasteiger partial charge >= 0.3 is 0 Å². The van der Waals surface area contributed by atoms with Gasteiger partial charge in [-0.2, -0.15) is 0 Å². The molecule has 0 amide bonds. The summed E-state index contributed by atoms with van der Waals surface area (Å²) in [6.07, 6.45) is 0.778. The van der Waals surface area contributed by atoms with Gasteiger partial charge in [0.1, 0.15) is 5.56 Å². The third-order valence-corrected chi connectivity index (χ3v) is 6.50. The SMILES string of the molecule is COc1c2c(cc3c1[C@H](c1c(O)n(-c4ccc(C)cc4)c(=S)[nH]c1=O)[NH+](C)CC3)OCO2. The van der Waals surface area contributed by atoms with Crippen molar-refractivity contribution < 1.29 is 24.2 Å². The fourth-order valence-electron chi connectivity index (χ4n) is 4.65. The van der Waals surface area contributed by atoms with Crippen LogP contribution in [0.4, 0.5) is 0 Å². The lowest BCUT2D eigenvalue weighted by Crippen LogP contribution is -3.10. The van der Waals surface area contributed by atoms with Crippen LogP contribution in [-0.2, 0) is 6.42 Å². The van der Waals surface area contributed by atoms with E-state index in [-0.39, 0.29) is 23.0 Å². The van der Waals surface area contributed by atoms with Gasteiger partial charge < -0.3 is 24.2 Å². The maximum atomic E-state index is 13.2. The van der Waals surface area contributed by atoms with E-state index in [1.54, 1.807) is 7.11 Å². The number of fused-ring (bicyclic) bond motifs is 2. The number of ether oxygens (including phenoxy) is 3. The van der Waals surface area contributed by atoms with Gasteiger partial charge in [0.25, 0.3) is 5.56 Å². The second-order valence-corrected chi connectivity index (χ2v) is 8.55. The number of hydrogen-bond donors (Lipinski definition) is 3. The van der Waals surface area contributed by atoms with Gasteiger partial charge in [-0.1, -0.05) is 17.7 Å². The van der Waals surface area contributed by atoms with Crippen molar-refractivity contribution >= 4 is 12.2 Å². The molecule has 2 aliphatic rings. The molecule has 2 aromatic carbocycles. The lowest BCUT2D eigenvalue weighted by atomic mass is 9.87. The zero-order valence-electron chi connectivity index (χ0n) is 18.0. The van der Waals surface area contributed by atoms with Crippen molar-refractivity contribution in [2.24, 2.45) is 0 Å². The molecule has 1 unspecified atom stereocenters. The van der Waals surface area contributed by atoms with Gasteiger partial charge in [0.05, 0.1) is 32.0 Å². The fourth-order valence-corrected chi connectivity index (χ4v) is 4.93. The Morgan fingerprint density at radius 1 is 1.25 bits per heavy atom. The molecule has 166 valence electrons. The van der Waals surface area contributed by atoms with Crippen LogP contribution in [0.15, 0.2) is 35.1 Å². The van der Waals surface area contributed by atoms with Crippen molar-refractivity contribution in [2.45, 2.75) is 19.4 Å². The van der Waals surface area contributed by atoms with Crippen molar-refractivity contribution in [3.63, 3.8) is 0 Å². The van der Waals surface area contributed by atoms with Gasteiger partial charge in [0, 0.05) is 6.42 Å². The van der Waals surface area contributed by atoms with Crippen LogP contribution < -0.4 is 24.7 Å². The normalized spacial score (nSPS) is 19.0. The summed E-state index contributed by atoms with van der Waals surface area (Å²) in [6, 6.07) is 9.03. The van der Waals surface area contributed by atoms with Crippen LogP contribution in [0.25, 0.3) is 5.69 Å². The number of nitrogens with one attached hydrogen (secondary N) is 2. The summed E-state index contributed by atoms with van der Waals surface area (Å²) < 4.78 is 18.6. The highest BCUT2D eigenvalue weighted by atomic mass is 32.1. The quantitative estimate of drug-likeness (QED) is 0.523. The Kier molecular flexibility index (Phi) is 4.94. The van der Waals surface area contributed by atoms with Gasteiger partial charge in [-0.05, 0) is 42.9 Å². The molecule has 0 bridgehead atoms. The molecule has 32 heavy (non-hydrogen) atoms. The van der Waals surface area contributed by atoms with Crippen molar-refractivity contribution in [1.29, 1.82) is 0 Å². The number of quaternary nitrogens is 1. The standard InChI is InChI=1S/C23H23N3O5S/c1-12-4-6-14(7-5-12)26-22(28)17(21(27)24-23(26)32)18-16-13(8-9-25(18)2)10-15-19(20(16)29-3)31-11-30-15/h4-7,10,18,28H,8-9,11H2,1-3H3,(H,24,27,32)/p+1/t18-/m1/s1. The minimum atomic E-state index is -0.487. The predicted molar refractivity (Wildman–Crippen MR) is 120 cm³/mol. The monoisotopic (exact) mass is 454 g/mol. The number of hydrogen-bond acceptors (Lipinski definition) is 6. The second-order valence-electron chi connectivity index (χ2n) is 8.16. The first-order chi connectivity index (χ1) is 15.4. The average molecular weight is 455 g/mol. The van der Waals surface area contributed by atoms with E-state index in [0.717, 1.165) is 34.6 Å². The van der Waals surface area contributed by atoms with Gasteiger partial charge in [-0.15, -0.1) is 0 Å².